The number of rotatable bonds is 6. The smallest absolute Gasteiger partial charge is 0.290 e. The predicted molar refractivity (Wildman–Crippen MR) is 106 cm³/mol. The van der Waals surface area contributed by atoms with Crippen molar-refractivity contribution in [1.82, 2.24) is 4.90 Å². The average Bonchev–Trinajstić information content (AvgIpc) is 3.42. The SMILES string of the molecule is CCCN1C(=O)C(O)=C(C(=O)c2cc3cccc(OC)c3o2)C1c1cccs1. The predicted octanol–water partition coefficient (Wildman–Crippen LogP) is 4.49. The van der Waals surface area contributed by atoms with Crippen LogP contribution in [0.3, 0.4) is 0 Å². The number of hydrogen-bond acceptors (Lipinski definition) is 6. The Morgan fingerprint density at radius 2 is 2.14 bits per heavy atom. The first kappa shape index (κ1) is 18.3. The Morgan fingerprint density at radius 3 is 2.82 bits per heavy atom. The maximum atomic E-state index is 13.3. The van der Waals surface area contributed by atoms with Crippen LogP contribution in [-0.2, 0) is 4.79 Å². The standard InChI is InChI=1S/C21H19NO5S/c1-3-9-22-17(15-8-5-10-28-15)16(19(24)21(22)25)18(23)14-11-12-6-4-7-13(26-2)20(12)27-14/h4-8,10-11,17,24H,3,9H2,1-2H3. The third kappa shape index (κ3) is 2.79. The maximum Gasteiger partial charge on any atom is 0.290 e. The molecule has 2 aromatic heterocycles. The van der Waals surface area contributed by atoms with Gasteiger partial charge in [-0.05, 0) is 30.0 Å². The highest BCUT2D eigenvalue weighted by molar-refractivity contribution is 7.10. The number of ether oxygens (including phenoxy) is 1. The Hall–Kier alpha value is -3.06. The van der Waals surface area contributed by atoms with E-state index in [4.69, 9.17) is 9.15 Å². The van der Waals surface area contributed by atoms with Crippen LogP contribution < -0.4 is 4.74 Å². The fourth-order valence-corrected chi connectivity index (χ4v) is 4.39. The van der Waals surface area contributed by atoms with Crippen LogP contribution in [0.15, 0.2) is 57.5 Å². The minimum absolute atomic E-state index is 0.0546. The van der Waals surface area contributed by atoms with Crippen molar-refractivity contribution in [2.24, 2.45) is 0 Å². The Morgan fingerprint density at radius 1 is 1.32 bits per heavy atom. The molecular weight excluding hydrogens is 378 g/mol. The second kappa shape index (κ2) is 7.16. The molecular formula is C21H19NO5S. The molecule has 1 amide bonds. The molecule has 0 aliphatic carbocycles. The number of carbonyl (C=O) groups is 2. The molecule has 1 unspecified atom stereocenters. The van der Waals surface area contributed by atoms with Crippen LogP contribution in [-0.4, -0.2) is 35.4 Å². The molecule has 0 bridgehead atoms. The molecule has 1 atom stereocenters. The molecule has 4 rings (SSSR count). The van der Waals surface area contributed by atoms with Gasteiger partial charge in [0.25, 0.3) is 5.91 Å². The molecule has 0 spiro atoms. The molecule has 0 saturated carbocycles. The van der Waals surface area contributed by atoms with E-state index in [9.17, 15) is 14.7 Å². The molecule has 1 aliphatic rings. The van der Waals surface area contributed by atoms with Gasteiger partial charge in [-0.3, -0.25) is 9.59 Å². The summed E-state index contributed by atoms with van der Waals surface area (Å²) in [7, 11) is 1.53. The first-order chi connectivity index (χ1) is 13.6. The first-order valence-electron chi connectivity index (χ1n) is 8.95. The van der Waals surface area contributed by atoms with E-state index in [-0.39, 0.29) is 11.3 Å². The van der Waals surface area contributed by atoms with Gasteiger partial charge in [0.1, 0.15) is 0 Å². The summed E-state index contributed by atoms with van der Waals surface area (Å²) in [6.45, 7) is 2.39. The van der Waals surface area contributed by atoms with Crippen molar-refractivity contribution in [2.45, 2.75) is 19.4 Å². The zero-order valence-electron chi connectivity index (χ0n) is 15.5. The van der Waals surface area contributed by atoms with Gasteiger partial charge in [-0.2, -0.15) is 0 Å². The normalized spacial score (nSPS) is 17.0. The Kier molecular flexibility index (Phi) is 4.68. The molecule has 3 aromatic rings. The number of fused-ring (bicyclic) bond motifs is 1. The second-order valence-corrected chi connectivity index (χ2v) is 7.48. The summed E-state index contributed by atoms with van der Waals surface area (Å²) in [6, 6.07) is 10.1. The van der Waals surface area contributed by atoms with E-state index in [1.165, 1.54) is 23.3 Å². The van der Waals surface area contributed by atoms with Crippen LogP contribution in [0.1, 0.15) is 34.8 Å². The lowest BCUT2D eigenvalue weighted by Crippen LogP contribution is -2.31. The van der Waals surface area contributed by atoms with Gasteiger partial charge in [0.15, 0.2) is 22.9 Å². The fourth-order valence-electron chi connectivity index (χ4n) is 3.54. The number of thiophene rings is 1. The van der Waals surface area contributed by atoms with E-state index in [0.29, 0.717) is 29.7 Å². The number of Topliss-reactive ketones (excluding diaryl/α,β-unsaturated/α-hetero) is 1. The molecule has 7 heteroatoms. The van der Waals surface area contributed by atoms with Gasteiger partial charge in [-0.25, -0.2) is 0 Å². The summed E-state index contributed by atoms with van der Waals surface area (Å²) >= 11 is 1.44. The lowest BCUT2D eigenvalue weighted by atomic mass is 10.00. The highest BCUT2D eigenvalue weighted by Gasteiger charge is 2.44. The number of nitrogens with zero attached hydrogens (tertiary/aromatic N) is 1. The number of benzene rings is 1. The third-order valence-corrected chi connectivity index (χ3v) is 5.70. The van der Waals surface area contributed by atoms with Gasteiger partial charge in [-0.15, -0.1) is 11.3 Å². The fraction of sp³-hybridized carbons (Fsp3) is 0.238. The Labute approximate surface area is 165 Å². The number of methoxy groups -OCH3 is 1. The summed E-state index contributed by atoms with van der Waals surface area (Å²) in [6.07, 6.45) is 0.713. The van der Waals surface area contributed by atoms with E-state index in [2.05, 4.69) is 0 Å². The van der Waals surface area contributed by atoms with Crippen molar-refractivity contribution in [1.29, 1.82) is 0 Å². The molecule has 1 N–H and O–H groups in total. The number of furan rings is 1. The Balaban J connectivity index is 1.81. The Bertz CT molecular complexity index is 1080. The van der Waals surface area contributed by atoms with Crippen LogP contribution in [0.25, 0.3) is 11.0 Å². The number of amides is 1. The van der Waals surface area contributed by atoms with E-state index in [1.807, 2.05) is 30.5 Å². The summed E-state index contributed by atoms with van der Waals surface area (Å²) in [5.74, 6) is -0.962. The average molecular weight is 397 g/mol. The molecule has 144 valence electrons. The molecule has 28 heavy (non-hydrogen) atoms. The quantitative estimate of drug-likeness (QED) is 0.620. The minimum atomic E-state index is -0.616. The first-order valence-corrected chi connectivity index (χ1v) is 9.83. The number of aliphatic hydroxyl groups excluding tert-OH is 1. The van der Waals surface area contributed by atoms with Crippen LogP contribution >= 0.6 is 11.3 Å². The van der Waals surface area contributed by atoms with Gasteiger partial charge in [0.05, 0.1) is 18.7 Å². The number of ketones is 1. The van der Waals surface area contributed by atoms with Crippen molar-refractivity contribution in [3.05, 3.63) is 63.7 Å². The molecule has 0 radical (unpaired) electrons. The van der Waals surface area contributed by atoms with Crippen LogP contribution in [0.4, 0.5) is 0 Å². The van der Waals surface area contributed by atoms with Gasteiger partial charge in [0, 0.05) is 16.8 Å². The number of carbonyl (C=O) groups excluding carboxylic acids is 2. The van der Waals surface area contributed by atoms with Gasteiger partial charge in [-0.1, -0.05) is 25.1 Å². The van der Waals surface area contributed by atoms with Crippen LogP contribution in [0.2, 0.25) is 0 Å². The van der Waals surface area contributed by atoms with Crippen molar-refractivity contribution >= 4 is 34.0 Å². The molecule has 3 heterocycles. The second-order valence-electron chi connectivity index (χ2n) is 6.50. The van der Waals surface area contributed by atoms with Gasteiger partial charge >= 0.3 is 0 Å². The van der Waals surface area contributed by atoms with E-state index in [1.54, 1.807) is 18.2 Å². The summed E-state index contributed by atoms with van der Waals surface area (Å²) < 4.78 is 11.0. The molecule has 1 aromatic carbocycles. The van der Waals surface area contributed by atoms with Crippen LogP contribution in [0.5, 0.6) is 5.75 Å². The lowest BCUT2D eigenvalue weighted by molar-refractivity contribution is -0.129. The summed E-state index contributed by atoms with van der Waals surface area (Å²) in [5.41, 5.74) is 0.509. The van der Waals surface area contributed by atoms with E-state index < -0.39 is 23.5 Å². The number of aliphatic hydroxyl groups is 1. The zero-order chi connectivity index (χ0) is 19.8. The highest BCUT2D eigenvalue weighted by atomic mass is 32.1. The summed E-state index contributed by atoms with van der Waals surface area (Å²) in [5, 5.41) is 13.1. The van der Waals surface area contributed by atoms with Gasteiger partial charge < -0.3 is 19.2 Å². The number of para-hydroxylation sites is 1. The lowest BCUT2D eigenvalue weighted by Gasteiger charge is -2.24. The monoisotopic (exact) mass is 397 g/mol. The third-order valence-electron chi connectivity index (χ3n) is 4.78. The molecule has 0 fully saturated rings. The van der Waals surface area contributed by atoms with Crippen LogP contribution in [0, 0.1) is 0 Å². The van der Waals surface area contributed by atoms with Crippen molar-refractivity contribution < 1.29 is 23.8 Å². The van der Waals surface area contributed by atoms with Gasteiger partial charge in [0.2, 0.25) is 5.78 Å². The van der Waals surface area contributed by atoms with Crippen molar-refractivity contribution in [3.63, 3.8) is 0 Å². The highest BCUT2D eigenvalue weighted by Crippen LogP contribution is 2.41. The zero-order valence-corrected chi connectivity index (χ0v) is 16.3. The molecule has 6 nitrogen and oxygen atoms in total. The van der Waals surface area contributed by atoms with E-state index >= 15 is 0 Å². The number of hydrogen-bond donors (Lipinski definition) is 1. The molecule has 0 saturated heterocycles. The summed E-state index contributed by atoms with van der Waals surface area (Å²) in [4.78, 5) is 28.3. The van der Waals surface area contributed by atoms with Crippen molar-refractivity contribution in [2.75, 3.05) is 13.7 Å². The largest absolute Gasteiger partial charge is 0.503 e. The minimum Gasteiger partial charge on any atom is -0.503 e. The van der Waals surface area contributed by atoms with Crippen molar-refractivity contribution in [3.8, 4) is 5.75 Å². The molecule has 1 aliphatic heterocycles. The topological polar surface area (TPSA) is 80.0 Å². The van der Waals surface area contributed by atoms with E-state index in [0.717, 1.165) is 4.88 Å². The maximum absolute atomic E-state index is 13.3.